The zero-order valence-electron chi connectivity index (χ0n) is 36.6. The highest BCUT2D eigenvalue weighted by atomic mass is 16.6. The normalized spacial score (nSPS) is 12.6. The van der Waals surface area contributed by atoms with Crippen molar-refractivity contribution >= 4 is 0 Å². The lowest BCUT2D eigenvalue weighted by atomic mass is 10.1. The highest BCUT2D eigenvalue weighted by Gasteiger charge is 2.23. The maximum absolute atomic E-state index is 5.40. The molecule has 0 aliphatic carbocycles. The second kappa shape index (κ2) is 51.8. The van der Waals surface area contributed by atoms with Crippen LogP contribution >= 0.6 is 0 Å². The first-order chi connectivity index (χ1) is 25.7. The van der Waals surface area contributed by atoms with Crippen molar-refractivity contribution in [3.63, 3.8) is 0 Å². The van der Waals surface area contributed by atoms with E-state index in [1.165, 1.54) is 24.0 Å². The van der Waals surface area contributed by atoms with Crippen LogP contribution in [0.4, 0.5) is 0 Å². The summed E-state index contributed by atoms with van der Waals surface area (Å²) in [5, 5.41) is 0. The molecule has 0 N–H and O–H groups in total. The van der Waals surface area contributed by atoms with Crippen molar-refractivity contribution in [3.8, 4) is 22.6 Å². The number of epoxide rings is 2. The SMILES string of the molecule is CC.CC.CC.CC.CC.CC.CCC.CCC.c1ccc(-c2ccccc2)cc1.c1ccc(OCC2CO2)cc1.c1ccc(OCC2CO2)cc1. The van der Waals surface area contributed by atoms with E-state index in [4.69, 9.17) is 18.9 Å². The summed E-state index contributed by atoms with van der Waals surface area (Å²) in [4.78, 5) is 0. The predicted molar refractivity (Wildman–Crippen MR) is 235 cm³/mol. The third kappa shape index (κ3) is 40.8. The molecule has 4 nitrogen and oxygen atoms in total. The summed E-state index contributed by atoms with van der Waals surface area (Å²) in [6.45, 7) is 35.6. The molecule has 2 heterocycles. The summed E-state index contributed by atoms with van der Waals surface area (Å²) in [6.07, 6.45) is 3.19. The van der Waals surface area contributed by atoms with Crippen molar-refractivity contribution in [2.45, 2.75) is 136 Å². The molecule has 52 heavy (non-hydrogen) atoms. The number of hydrogen-bond acceptors (Lipinski definition) is 4. The van der Waals surface area contributed by atoms with Crippen molar-refractivity contribution in [2.24, 2.45) is 0 Å². The van der Waals surface area contributed by atoms with Crippen molar-refractivity contribution in [3.05, 3.63) is 121 Å². The Balaban J connectivity index is -0.000000174. The smallest absolute Gasteiger partial charge is 0.119 e. The van der Waals surface area contributed by atoms with Gasteiger partial charge in [-0.1, -0.05) is 221 Å². The Kier molecular flexibility index (Phi) is 57.5. The first-order valence-corrected chi connectivity index (χ1v) is 20.4. The van der Waals surface area contributed by atoms with Crippen LogP contribution in [-0.4, -0.2) is 38.6 Å². The summed E-state index contributed by atoms with van der Waals surface area (Å²) in [5.74, 6) is 1.84. The number of ether oxygens (including phenoxy) is 4. The Bertz CT molecular complexity index is 991. The van der Waals surface area contributed by atoms with Crippen LogP contribution < -0.4 is 9.47 Å². The summed E-state index contributed by atoms with van der Waals surface area (Å²) < 4.78 is 20.8. The summed E-state index contributed by atoms with van der Waals surface area (Å²) in [7, 11) is 0. The van der Waals surface area contributed by atoms with Gasteiger partial charge in [0.05, 0.1) is 13.2 Å². The van der Waals surface area contributed by atoms with Crippen LogP contribution in [0.3, 0.4) is 0 Å². The minimum Gasteiger partial charge on any atom is -0.491 e. The van der Waals surface area contributed by atoms with E-state index in [0.29, 0.717) is 25.4 Å². The maximum Gasteiger partial charge on any atom is 0.119 e. The molecule has 0 amide bonds. The van der Waals surface area contributed by atoms with Gasteiger partial charge in [-0.2, -0.15) is 0 Å². The quantitative estimate of drug-likeness (QED) is 0.178. The lowest BCUT2D eigenvalue weighted by Crippen LogP contribution is -2.03. The Morgan fingerprint density at radius 2 is 0.577 bits per heavy atom. The fourth-order valence-electron chi connectivity index (χ4n) is 3.00. The molecule has 0 saturated carbocycles. The zero-order chi connectivity index (χ0) is 40.7. The molecule has 0 aromatic heterocycles. The van der Waals surface area contributed by atoms with Crippen LogP contribution in [0.1, 0.15) is 124 Å². The van der Waals surface area contributed by atoms with Crippen LogP contribution in [-0.2, 0) is 9.47 Å². The fraction of sp³-hybridized carbons (Fsp3) is 0.500. The molecule has 0 spiro atoms. The number of hydrogen-bond donors (Lipinski definition) is 0. The van der Waals surface area contributed by atoms with Gasteiger partial charge in [0, 0.05) is 0 Å². The molecule has 0 radical (unpaired) electrons. The van der Waals surface area contributed by atoms with Gasteiger partial charge in [-0.3, -0.25) is 0 Å². The van der Waals surface area contributed by atoms with E-state index in [1.54, 1.807) is 0 Å². The second-order valence-electron chi connectivity index (χ2n) is 9.31. The maximum atomic E-state index is 5.40. The molecule has 2 aliphatic rings. The molecule has 4 heteroatoms. The molecule has 4 aromatic carbocycles. The topological polar surface area (TPSA) is 43.5 Å². The third-order valence-electron chi connectivity index (χ3n) is 5.04. The molecule has 298 valence electrons. The van der Waals surface area contributed by atoms with E-state index in [2.05, 4.69) is 76.2 Å². The van der Waals surface area contributed by atoms with Crippen LogP contribution in [0.25, 0.3) is 11.1 Å². The molecule has 2 unspecified atom stereocenters. The van der Waals surface area contributed by atoms with Crippen LogP contribution in [0.15, 0.2) is 121 Å². The minimum absolute atomic E-state index is 0.343. The Morgan fingerprint density at radius 1 is 0.385 bits per heavy atom. The van der Waals surface area contributed by atoms with Crippen LogP contribution in [0.2, 0.25) is 0 Å². The van der Waals surface area contributed by atoms with Gasteiger partial charge in [0.15, 0.2) is 0 Å². The first-order valence-electron chi connectivity index (χ1n) is 20.4. The van der Waals surface area contributed by atoms with E-state index in [9.17, 15) is 0 Å². The molecule has 2 fully saturated rings. The number of para-hydroxylation sites is 2. The lowest BCUT2D eigenvalue weighted by Gasteiger charge is -2.01. The van der Waals surface area contributed by atoms with Crippen LogP contribution in [0, 0.1) is 0 Å². The molecule has 4 aromatic rings. The van der Waals surface area contributed by atoms with Gasteiger partial charge < -0.3 is 18.9 Å². The highest BCUT2D eigenvalue weighted by molar-refractivity contribution is 5.62. The van der Waals surface area contributed by atoms with E-state index in [0.717, 1.165) is 24.7 Å². The van der Waals surface area contributed by atoms with E-state index >= 15 is 0 Å². The summed E-state index contributed by atoms with van der Waals surface area (Å²) in [5.41, 5.74) is 2.55. The molecule has 2 atom stereocenters. The highest BCUT2D eigenvalue weighted by Crippen LogP contribution is 2.17. The van der Waals surface area contributed by atoms with Gasteiger partial charge >= 0.3 is 0 Å². The summed E-state index contributed by atoms with van der Waals surface area (Å²) >= 11 is 0. The fourth-order valence-corrected chi connectivity index (χ4v) is 3.00. The van der Waals surface area contributed by atoms with Crippen LogP contribution in [0.5, 0.6) is 11.5 Å². The third-order valence-corrected chi connectivity index (χ3v) is 5.04. The van der Waals surface area contributed by atoms with Gasteiger partial charge in [-0.15, -0.1) is 0 Å². The monoisotopic (exact) mass is 723 g/mol. The van der Waals surface area contributed by atoms with E-state index < -0.39 is 0 Å². The molecule has 2 aliphatic heterocycles. The van der Waals surface area contributed by atoms with Gasteiger partial charge in [0.2, 0.25) is 0 Å². The van der Waals surface area contributed by atoms with E-state index in [1.807, 2.05) is 156 Å². The number of benzene rings is 4. The first kappa shape index (κ1) is 57.7. The molecule has 2 saturated heterocycles. The average molecular weight is 723 g/mol. The molecular weight excluding hydrogens is 641 g/mol. The Hall–Kier alpha value is -3.60. The van der Waals surface area contributed by atoms with Crippen molar-refractivity contribution in [1.29, 1.82) is 0 Å². The van der Waals surface area contributed by atoms with Gasteiger partial charge in [-0.25, -0.2) is 0 Å². The zero-order valence-corrected chi connectivity index (χ0v) is 36.6. The molecule has 0 bridgehead atoms. The van der Waals surface area contributed by atoms with E-state index in [-0.39, 0.29) is 0 Å². The van der Waals surface area contributed by atoms with Crippen molar-refractivity contribution < 1.29 is 18.9 Å². The largest absolute Gasteiger partial charge is 0.491 e. The standard InChI is InChI=1S/C12H10.2C9H10O2.2C3H8.6C2H6/c1-3-7-11(8-4-1)12-9-5-2-6-10-12;2*1-2-4-8(5-3-1)10-6-9-7-11-9;2*1-3-2;6*1-2/h1-10H;2*1-5,9H,6-7H2;2*3H2,1-2H3;6*1-2H3. The van der Waals surface area contributed by atoms with Crippen molar-refractivity contribution in [1.82, 2.24) is 0 Å². The molecule has 6 rings (SSSR count). The lowest BCUT2D eigenvalue weighted by molar-refractivity contribution is 0.263. The van der Waals surface area contributed by atoms with Crippen molar-refractivity contribution in [2.75, 3.05) is 26.4 Å². The average Bonchev–Trinajstić information content (AvgIpc) is 4.20. The van der Waals surface area contributed by atoms with Gasteiger partial charge in [0.1, 0.15) is 36.9 Å². The van der Waals surface area contributed by atoms with Gasteiger partial charge in [0.25, 0.3) is 0 Å². The minimum atomic E-state index is 0.343. The Morgan fingerprint density at radius 3 is 0.769 bits per heavy atom. The number of rotatable bonds is 7. The molecular formula is C48H82O4. The summed E-state index contributed by atoms with van der Waals surface area (Å²) in [6, 6.07) is 40.4. The Labute approximate surface area is 324 Å². The predicted octanol–water partition coefficient (Wildman–Crippen LogP) is 15.3. The van der Waals surface area contributed by atoms with Gasteiger partial charge in [-0.05, 0) is 35.4 Å². The second-order valence-corrected chi connectivity index (χ2v) is 9.31.